The summed E-state index contributed by atoms with van der Waals surface area (Å²) in [6.45, 7) is 0. The molecule has 0 bridgehead atoms. The van der Waals surface area contributed by atoms with Gasteiger partial charge in [-0.05, 0) is 29.8 Å². The van der Waals surface area contributed by atoms with E-state index in [4.69, 9.17) is 9.47 Å². The van der Waals surface area contributed by atoms with Crippen molar-refractivity contribution in [2.45, 2.75) is 6.42 Å². The van der Waals surface area contributed by atoms with Gasteiger partial charge in [-0.25, -0.2) is 5.43 Å². The highest BCUT2D eigenvalue weighted by Crippen LogP contribution is 2.33. The van der Waals surface area contributed by atoms with E-state index in [1.165, 1.54) is 25.5 Å². The maximum absolute atomic E-state index is 11.9. The molecule has 2 N–H and O–H groups in total. The van der Waals surface area contributed by atoms with E-state index in [1.807, 2.05) is 0 Å². The van der Waals surface area contributed by atoms with Gasteiger partial charge in [-0.2, -0.15) is 5.10 Å². The van der Waals surface area contributed by atoms with E-state index in [9.17, 15) is 9.90 Å². The first-order chi connectivity index (χ1) is 11.5. The minimum Gasteiger partial charge on any atom is -0.508 e. The van der Waals surface area contributed by atoms with Crippen LogP contribution < -0.4 is 14.9 Å². The van der Waals surface area contributed by atoms with Crippen molar-refractivity contribution >= 4 is 28.1 Å². The van der Waals surface area contributed by atoms with E-state index < -0.39 is 0 Å². The van der Waals surface area contributed by atoms with Crippen molar-refractivity contribution < 1.29 is 19.4 Å². The Kier molecular flexibility index (Phi) is 6.20. The minimum absolute atomic E-state index is 0.160. The number of ether oxygens (including phenoxy) is 2. The number of benzene rings is 2. The second-order valence-electron chi connectivity index (χ2n) is 4.87. The quantitative estimate of drug-likeness (QED) is 0.584. The van der Waals surface area contributed by atoms with Crippen LogP contribution in [0.4, 0.5) is 0 Å². The van der Waals surface area contributed by atoms with Crippen molar-refractivity contribution in [3.8, 4) is 17.2 Å². The molecule has 2 aromatic carbocycles. The van der Waals surface area contributed by atoms with E-state index in [0.717, 1.165) is 10.0 Å². The molecule has 0 radical (unpaired) electrons. The third-order valence-electron chi connectivity index (χ3n) is 3.17. The number of carbonyl (C=O) groups is 1. The number of nitrogens with one attached hydrogen (secondary N) is 1. The van der Waals surface area contributed by atoms with Crippen molar-refractivity contribution in [1.82, 2.24) is 5.43 Å². The van der Waals surface area contributed by atoms with Gasteiger partial charge in [-0.3, -0.25) is 4.79 Å². The highest BCUT2D eigenvalue weighted by atomic mass is 79.9. The zero-order chi connectivity index (χ0) is 17.5. The van der Waals surface area contributed by atoms with Gasteiger partial charge in [0.1, 0.15) is 5.75 Å². The summed E-state index contributed by atoms with van der Waals surface area (Å²) in [4.78, 5) is 11.9. The number of rotatable bonds is 6. The first-order valence-electron chi connectivity index (χ1n) is 7.05. The fourth-order valence-electron chi connectivity index (χ4n) is 2.07. The Bertz CT molecular complexity index is 745. The van der Waals surface area contributed by atoms with Crippen molar-refractivity contribution in [3.05, 3.63) is 52.0 Å². The normalized spacial score (nSPS) is 10.6. The molecule has 0 aromatic heterocycles. The van der Waals surface area contributed by atoms with Crippen LogP contribution >= 0.6 is 15.9 Å². The summed E-state index contributed by atoms with van der Waals surface area (Å²) in [6.07, 6.45) is 1.65. The molecule has 126 valence electrons. The largest absolute Gasteiger partial charge is 0.508 e. The van der Waals surface area contributed by atoms with Gasteiger partial charge >= 0.3 is 0 Å². The number of carbonyl (C=O) groups excluding carboxylic acids is 1. The molecule has 0 heterocycles. The lowest BCUT2D eigenvalue weighted by atomic mass is 10.1. The monoisotopic (exact) mass is 392 g/mol. The van der Waals surface area contributed by atoms with Gasteiger partial charge in [0.05, 0.1) is 26.9 Å². The Morgan fingerprint density at radius 1 is 1.25 bits per heavy atom. The van der Waals surface area contributed by atoms with Crippen LogP contribution in [0.1, 0.15) is 11.1 Å². The Balaban J connectivity index is 2.04. The van der Waals surface area contributed by atoms with Gasteiger partial charge in [0.15, 0.2) is 11.5 Å². The number of nitrogens with zero attached hydrogens (tertiary/aromatic N) is 1. The summed E-state index contributed by atoms with van der Waals surface area (Å²) < 4.78 is 11.4. The Morgan fingerprint density at radius 2 is 1.96 bits per heavy atom. The Morgan fingerprint density at radius 3 is 2.58 bits per heavy atom. The van der Waals surface area contributed by atoms with Crippen molar-refractivity contribution in [2.75, 3.05) is 14.2 Å². The predicted octanol–water partition coefficient (Wildman–Crippen LogP) is 2.86. The highest BCUT2D eigenvalue weighted by Gasteiger charge is 2.10. The second-order valence-corrected chi connectivity index (χ2v) is 5.78. The molecule has 0 spiro atoms. The smallest absolute Gasteiger partial charge is 0.244 e. The lowest BCUT2D eigenvalue weighted by Crippen LogP contribution is -2.19. The van der Waals surface area contributed by atoms with E-state index in [-0.39, 0.29) is 18.1 Å². The van der Waals surface area contributed by atoms with Gasteiger partial charge in [0.2, 0.25) is 5.91 Å². The number of aromatic hydroxyl groups is 1. The molecule has 2 rings (SSSR count). The minimum atomic E-state index is -0.266. The predicted molar refractivity (Wildman–Crippen MR) is 94.8 cm³/mol. The van der Waals surface area contributed by atoms with Crippen LogP contribution in [-0.2, 0) is 11.2 Å². The number of phenols is 1. The fraction of sp³-hybridized carbons (Fsp3) is 0.176. The van der Waals surface area contributed by atoms with Gasteiger partial charge < -0.3 is 14.6 Å². The van der Waals surface area contributed by atoms with Crippen molar-refractivity contribution in [1.29, 1.82) is 0 Å². The maximum atomic E-state index is 11.9. The number of hydrogen-bond acceptors (Lipinski definition) is 5. The molecular formula is C17H17BrN2O4. The van der Waals surface area contributed by atoms with Gasteiger partial charge in [-0.1, -0.05) is 28.1 Å². The summed E-state index contributed by atoms with van der Waals surface area (Å²) in [5, 5.41) is 13.2. The SMILES string of the molecule is COc1cc(Br)cc(/C=N\NC(=O)Cc2ccc(O)cc2)c1OC. The highest BCUT2D eigenvalue weighted by molar-refractivity contribution is 9.10. The molecule has 2 aromatic rings. The average Bonchev–Trinajstić information content (AvgIpc) is 2.56. The molecule has 0 atom stereocenters. The summed E-state index contributed by atoms with van der Waals surface area (Å²) >= 11 is 3.38. The van der Waals surface area contributed by atoms with E-state index in [0.29, 0.717) is 17.1 Å². The van der Waals surface area contributed by atoms with Gasteiger partial charge in [-0.15, -0.1) is 0 Å². The molecule has 0 unspecified atom stereocenters. The molecule has 0 saturated carbocycles. The number of methoxy groups -OCH3 is 2. The lowest BCUT2D eigenvalue weighted by Gasteiger charge is -2.10. The summed E-state index contributed by atoms with van der Waals surface area (Å²) in [6, 6.07) is 10.0. The first-order valence-corrected chi connectivity index (χ1v) is 7.84. The van der Waals surface area contributed by atoms with E-state index in [2.05, 4.69) is 26.5 Å². The Labute approximate surface area is 148 Å². The molecule has 24 heavy (non-hydrogen) atoms. The molecule has 1 amide bonds. The second kappa shape index (κ2) is 8.35. The van der Waals surface area contributed by atoms with Crippen molar-refractivity contribution in [2.24, 2.45) is 5.10 Å². The standard InChI is InChI=1S/C17H17BrN2O4/c1-23-15-9-13(18)8-12(17(15)24-2)10-19-20-16(22)7-11-3-5-14(21)6-4-11/h3-6,8-10,21H,7H2,1-2H3,(H,20,22)/b19-10-. The van der Waals surface area contributed by atoms with Crippen LogP contribution in [0.3, 0.4) is 0 Å². The third-order valence-corrected chi connectivity index (χ3v) is 3.62. The molecule has 7 heteroatoms. The number of hydrazone groups is 1. The Hall–Kier alpha value is -2.54. The van der Waals surface area contributed by atoms with Crippen LogP contribution in [0.5, 0.6) is 17.2 Å². The van der Waals surface area contributed by atoms with Crippen LogP contribution in [0.2, 0.25) is 0 Å². The third kappa shape index (κ3) is 4.73. The van der Waals surface area contributed by atoms with Crippen LogP contribution in [0.15, 0.2) is 46.0 Å². The number of phenolic OH excluding ortho intramolecular Hbond substituents is 1. The molecule has 0 aliphatic carbocycles. The first kappa shape index (κ1) is 17.8. The van der Waals surface area contributed by atoms with E-state index >= 15 is 0 Å². The maximum Gasteiger partial charge on any atom is 0.244 e. The summed E-state index contributed by atoms with van der Waals surface area (Å²) in [5.74, 6) is 0.978. The molecule has 0 aliphatic rings. The van der Waals surface area contributed by atoms with Crippen LogP contribution in [0.25, 0.3) is 0 Å². The van der Waals surface area contributed by atoms with Crippen molar-refractivity contribution in [3.63, 3.8) is 0 Å². The average molecular weight is 393 g/mol. The summed E-state index contributed by atoms with van der Waals surface area (Å²) in [5.41, 5.74) is 3.90. The van der Waals surface area contributed by atoms with Gasteiger partial charge in [0.25, 0.3) is 0 Å². The van der Waals surface area contributed by atoms with E-state index in [1.54, 1.807) is 31.4 Å². The number of amides is 1. The topological polar surface area (TPSA) is 80.2 Å². The summed E-state index contributed by atoms with van der Waals surface area (Å²) in [7, 11) is 3.08. The molecule has 0 saturated heterocycles. The fourth-order valence-corrected chi connectivity index (χ4v) is 2.52. The van der Waals surface area contributed by atoms with Crippen LogP contribution in [-0.4, -0.2) is 31.4 Å². The number of hydrogen-bond donors (Lipinski definition) is 2. The molecular weight excluding hydrogens is 376 g/mol. The van der Waals surface area contributed by atoms with Gasteiger partial charge in [0, 0.05) is 10.0 Å². The zero-order valence-electron chi connectivity index (χ0n) is 13.2. The lowest BCUT2D eigenvalue weighted by molar-refractivity contribution is -0.120. The molecule has 6 nitrogen and oxygen atoms in total. The number of halogens is 1. The van der Waals surface area contributed by atoms with Crippen LogP contribution in [0, 0.1) is 0 Å². The zero-order valence-corrected chi connectivity index (χ0v) is 14.8. The molecule has 0 aliphatic heterocycles. The molecule has 0 fully saturated rings.